The summed E-state index contributed by atoms with van der Waals surface area (Å²) in [7, 11) is 0. The lowest BCUT2D eigenvalue weighted by molar-refractivity contribution is -0.120. The van der Waals surface area contributed by atoms with Gasteiger partial charge < -0.3 is 9.88 Å². The van der Waals surface area contributed by atoms with Crippen molar-refractivity contribution in [3.05, 3.63) is 87.9 Å². The molecule has 45 heavy (non-hydrogen) atoms. The fourth-order valence-corrected chi connectivity index (χ4v) is 7.13. The molecule has 228 valence electrons. The number of hydrogen-bond acceptors (Lipinski definition) is 7. The predicted octanol–water partition coefficient (Wildman–Crippen LogP) is 4.64. The summed E-state index contributed by atoms with van der Waals surface area (Å²) in [5.74, 6) is -0.226. The Balaban J connectivity index is 1.14. The third-order valence-corrected chi connectivity index (χ3v) is 9.64. The van der Waals surface area contributed by atoms with E-state index in [4.69, 9.17) is 0 Å². The number of nitrogens with zero attached hydrogens (tertiary/aromatic N) is 5. The second kappa shape index (κ2) is 10.9. The van der Waals surface area contributed by atoms with Crippen molar-refractivity contribution in [2.75, 3.05) is 42.5 Å². The molecule has 0 spiro atoms. The summed E-state index contributed by atoms with van der Waals surface area (Å²) < 4.78 is 0. The number of carbonyl (C=O) groups excluding carboxylic acids is 3. The van der Waals surface area contributed by atoms with Crippen molar-refractivity contribution in [1.82, 2.24) is 20.2 Å². The summed E-state index contributed by atoms with van der Waals surface area (Å²) in [4.78, 5) is 52.4. The van der Waals surface area contributed by atoms with Gasteiger partial charge >= 0.3 is 6.03 Å². The van der Waals surface area contributed by atoms with Crippen LogP contribution in [0, 0.1) is 11.3 Å². The van der Waals surface area contributed by atoms with E-state index in [0.717, 1.165) is 77.1 Å². The molecule has 3 aliphatic rings. The molecule has 0 unspecified atom stereocenters. The maximum absolute atomic E-state index is 14.0. The summed E-state index contributed by atoms with van der Waals surface area (Å²) in [6.07, 6.45) is 4.52. The molecule has 2 saturated heterocycles. The maximum Gasteiger partial charge on any atom is 0.328 e. The van der Waals surface area contributed by atoms with Crippen molar-refractivity contribution in [3.63, 3.8) is 0 Å². The number of H-pyrrole nitrogens is 1. The number of anilines is 2. The second-order valence-corrected chi connectivity index (χ2v) is 12.6. The van der Waals surface area contributed by atoms with Gasteiger partial charge in [0.2, 0.25) is 5.91 Å². The summed E-state index contributed by atoms with van der Waals surface area (Å²) >= 11 is 0. The highest BCUT2D eigenvalue weighted by Crippen LogP contribution is 2.46. The molecule has 4 aromatic rings. The van der Waals surface area contributed by atoms with Crippen LogP contribution in [0.4, 0.5) is 16.2 Å². The highest BCUT2D eigenvalue weighted by molar-refractivity contribution is 6.20. The molecule has 2 N–H and O–H groups in total. The first-order chi connectivity index (χ1) is 21.7. The van der Waals surface area contributed by atoms with Crippen LogP contribution in [0.1, 0.15) is 71.1 Å². The van der Waals surface area contributed by atoms with E-state index in [1.807, 2.05) is 18.2 Å². The number of ketones is 1. The number of benzene rings is 2. The fourth-order valence-electron chi connectivity index (χ4n) is 7.13. The summed E-state index contributed by atoms with van der Waals surface area (Å²) in [5.41, 5.74) is 8.38. The van der Waals surface area contributed by atoms with Crippen molar-refractivity contribution >= 4 is 40.0 Å². The van der Waals surface area contributed by atoms with E-state index in [0.29, 0.717) is 24.2 Å². The average molecular weight is 602 g/mol. The molecule has 2 fully saturated rings. The second-order valence-electron chi connectivity index (χ2n) is 12.6. The molecular formula is C35H35N7O3. The van der Waals surface area contributed by atoms with Gasteiger partial charge in [-0.05, 0) is 53.4 Å². The lowest BCUT2D eigenvalue weighted by Crippen LogP contribution is -2.50. The number of aryl methyl sites for hydroxylation is 1. The number of amides is 3. The van der Waals surface area contributed by atoms with Crippen LogP contribution in [0.15, 0.2) is 48.8 Å². The summed E-state index contributed by atoms with van der Waals surface area (Å²) in [6, 6.07) is 13.5. The predicted molar refractivity (Wildman–Crippen MR) is 172 cm³/mol. The van der Waals surface area contributed by atoms with Gasteiger partial charge in [0, 0.05) is 85.1 Å². The monoisotopic (exact) mass is 601 g/mol. The highest BCUT2D eigenvalue weighted by atomic mass is 16.2. The number of urea groups is 1. The third-order valence-electron chi connectivity index (χ3n) is 9.64. The van der Waals surface area contributed by atoms with Gasteiger partial charge in [0.15, 0.2) is 5.78 Å². The fraction of sp³-hybridized carbons (Fsp3) is 0.343. The molecule has 0 radical (unpaired) electrons. The Labute approximate surface area is 261 Å². The Hall–Kier alpha value is -5.01. The Kier molecular flexibility index (Phi) is 6.94. The number of carbonyl (C=O) groups is 3. The highest BCUT2D eigenvalue weighted by Gasteiger charge is 2.40. The van der Waals surface area contributed by atoms with Gasteiger partial charge in [0.05, 0.1) is 29.1 Å². The van der Waals surface area contributed by atoms with Crippen LogP contribution in [0.25, 0.3) is 10.9 Å². The van der Waals surface area contributed by atoms with Crippen LogP contribution in [0.5, 0.6) is 0 Å². The van der Waals surface area contributed by atoms with Gasteiger partial charge in [0.1, 0.15) is 0 Å². The number of pyridine rings is 1. The number of nitriles is 1. The topological polar surface area (TPSA) is 125 Å². The zero-order valence-corrected chi connectivity index (χ0v) is 25.7. The van der Waals surface area contributed by atoms with Crippen molar-refractivity contribution in [2.45, 2.75) is 45.6 Å². The van der Waals surface area contributed by atoms with Crippen LogP contribution in [0.3, 0.4) is 0 Å². The van der Waals surface area contributed by atoms with Gasteiger partial charge in [-0.3, -0.25) is 29.7 Å². The first-order valence-corrected chi connectivity index (χ1v) is 15.5. The van der Waals surface area contributed by atoms with Crippen molar-refractivity contribution in [1.29, 1.82) is 5.26 Å². The molecule has 1 aliphatic carbocycles. The van der Waals surface area contributed by atoms with Gasteiger partial charge in [-0.2, -0.15) is 5.26 Å². The molecule has 7 rings (SSSR count). The summed E-state index contributed by atoms with van der Waals surface area (Å²) in [5, 5.41) is 12.7. The lowest BCUT2D eigenvalue weighted by Gasteiger charge is -2.39. The molecular weight excluding hydrogens is 566 g/mol. The quantitative estimate of drug-likeness (QED) is 0.342. The van der Waals surface area contributed by atoms with Gasteiger partial charge in [-0.15, -0.1) is 0 Å². The largest absolute Gasteiger partial charge is 0.369 e. The molecule has 10 nitrogen and oxygen atoms in total. The molecule has 4 heterocycles. The lowest BCUT2D eigenvalue weighted by atomic mass is 9.70. The SMILES string of the molecule is CCc1cc2c(cc1N1CCN(Cc3ccncc3N3CCC(=O)NC3=O)CC1)C(C)(C)c1[nH]c3cc(C#N)ccc3c1C2=O. The maximum atomic E-state index is 14.0. The Morgan fingerprint density at radius 2 is 1.78 bits per heavy atom. The minimum atomic E-state index is -0.434. The van der Waals surface area contributed by atoms with Crippen molar-refractivity contribution < 1.29 is 14.4 Å². The first-order valence-electron chi connectivity index (χ1n) is 15.5. The van der Waals surface area contributed by atoms with Crippen LogP contribution in [-0.4, -0.2) is 65.3 Å². The van der Waals surface area contributed by atoms with E-state index < -0.39 is 11.4 Å². The van der Waals surface area contributed by atoms with E-state index >= 15 is 0 Å². The first kappa shape index (κ1) is 28.7. The van der Waals surface area contributed by atoms with E-state index in [9.17, 15) is 19.6 Å². The molecule has 2 aromatic carbocycles. The van der Waals surface area contributed by atoms with Crippen LogP contribution < -0.4 is 15.1 Å². The van der Waals surface area contributed by atoms with E-state index in [-0.39, 0.29) is 18.1 Å². The van der Waals surface area contributed by atoms with Crippen LogP contribution in [0.2, 0.25) is 0 Å². The molecule has 3 amide bonds. The Bertz CT molecular complexity index is 1930. The number of aromatic amines is 1. The molecule has 10 heteroatoms. The minimum absolute atomic E-state index is 0.0289. The average Bonchev–Trinajstić information content (AvgIpc) is 3.44. The zero-order valence-electron chi connectivity index (χ0n) is 25.7. The van der Waals surface area contributed by atoms with Crippen LogP contribution in [-0.2, 0) is 23.2 Å². The number of aromatic nitrogens is 2. The number of fused-ring (bicyclic) bond motifs is 4. The molecule has 2 aromatic heterocycles. The zero-order chi connectivity index (χ0) is 31.5. The van der Waals surface area contributed by atoms with Gasteiger partial charge in [0.25, 0.3) is 0 Å². The number of nitrogens with one attached hydrogen (secondary N) is 2. The molecule has 0 atom stereocenters. The van der Waals surface area contributed by atoms with Crippen LogP contribution >= 0.6 is 0 Å². The standard InChI is InChI=1S/C35H35N7O3/c1-4-22-16-25-26(35(2,3)33-31(32(25)44)24-6-5-21(18-36)15-27(24)38-33)17-28(22)41-13-11-40(12-14-41)20-23-7-9-37-19-29(23)42-10-8-30(43)39-34(42)45/h5-7,9,15-17,19,38H,4,8,10-14,20H2,1-3H3,(H,39,43,45). The summed E-state index contributed by atoms with van der Waals surface area (Å²) in [6.45, 7) is 10.8. The van der Waals surface area contributed by atoms with Gasteiger partial charge in [-0.1, -0.05) is 26.8 Å². The normalized spacial score (nSPS) is 18.0. The molecule has 0 saturated carbocycles. The van der Waals surface area contributed by atoms with Crippen molar-refractivity contribution in [2.24, 2.45) is 0 Å². The Morgan fingerprint density at radius 3 is 2.51 bits per heavy atom. The number of rotatable bonds is 5. The van der Waals surface area contributed by atoms with E-state index in [2.05, 4.69) is 64.1 Å². The number of imide groups is 1. The smallest absolute Gasteiger partial charge is 0.328 e. The third kappa shape index (κ3) is 4.75. The Morgan fingerprint density at radius 1 is 0.978 bits per heavy atom. The molecule has 2 aliphatic heterocycles. The number of hydrogen-bond donors (Lipinski definition) is 2. The number of piperazine rings is 1. The van der Waals surface area contributed by atoms with E-state index in [1.54, 1.807) is 23.4 Å². The van der Waals surface area contributed by atoms with E-state index in [1.165, 1.54) is 5.69 Å². The van der Waals surface area contributed by atoms with Gasteiger partial charge in [-0.25, -0.2) is 4.79 Å². The minimum Gasteiger partial charge on any atom is -0.369 e. The molecule has 0 bridgehead atoms. The van der Waals surface area contributed by atoms with Crippen molar-refractivity contribution in [3.8, 4) is 6.07 Å².